The minimum absolute atomic E-state index is 0.0642. The second-order valence-corrected chi connectivity index (χ2v) is 6.80. The third-order valence-corrected chi connectivity index (χ3v) is 4.80. The fraction of sp³-hybridized carbons (Fsp3) is 0.158. The number of imide groups is 1. The summed E-state index contributed by atoms with van der Waals surface area (Å²) in [5, 5.41) is 3.28. The van der Waals surface area contributed by atoms with Crippen molar-refractivity contribution >= 4 is 46.4 Å². The summed E-state index contributed by atoms with van der Waals surface area (Å²) in [4.78, 5) is 26.4. The second kappa shape index (κ2) is 6.54. The van der Waals surface area contributed by atoms with Crippen LogP contribution in [-0.2, 0) is 9.59 Å². The smallest absolute Gasteiger partial charge is 0.283 e. The van der Waals surface area contributed by atoms with Crippen LogP contribution >= 0.6 is 23.2 Å². The van der Waals surface area contributed by atoms with E-state index in [1.54, 1.807) is 25.1 Å². The number of nitrogens with one attached hydrogen (secondary N) is 1. The highest BCUT2D eigenvalue weighted by Crippen LogP contribution is 2.33. The van der Waals surface area contributed by atoms with Crippen LogP contribution in [0.25, 0.3) is 0 Å². The van der Waals surface area contributed by atoms with Gasteiger partial charge in [0.05, 0.1) is 5.69 Å². The maximum absolute atomic E-state index is 12.8. The summed E-state index contributed by atoms with van der Waals surface area (Å²) < 4.78 is 0. The Hall–Kier alpha value is -2.30. The van der Waals surface area contributed by atoms with Gasteiger partial charge in [-0.05, 0) is 61.7 Å². The molecule has 4 nitrogen and oxygen atoms in total. The summed E-state index contributed by atoms with van der Waals surface area (Å²) in [6.45, 7) is 5.77. The van der Waals surface area contributed by atoms with Gasteiger partial charge in [0.15, 0.2) is 0 Å². The molecule has 6 heteroatoms. The van der Waals surface area contributed by atoms with Gasteiger partial charge in [0.25, 0.3) is 11.8 Å². The molecule has 1 aliphatic rings. The van der Waals surface area contributed by atoms with E-state index >= 15 is 0 Å². The van der Waals surface area contributed by atoms with Gasteiger partial charge >= 0.3 is 0 Å². The molecular weight excluding hydrogens is 359 g/mol. The Kier molecular flexibility index (Phi) is 4.58. The first-order chi connectivity index (χ1) is 11.8. The van der Waals surface area contributed by atoms with Gasteiger partial charge in [-0.2, -0.15) is 0 Å². The lowest BCUT2D eigenvalue weighted by molar-refractivity contribution is -0.120. The van der Waals surface area contributed by atoms with Gasteiger partial charge < -0.3 is 5.32 Å². The lowest BCUT2D eigenvalue weighted by Gasteiger charge is -2.18. The molecule has 0 unspecified atom stereocenters. The Morgan fingerprint density at radius 3 is 2.20 bits per heavy atom. The van der Waals surface area contributed by atoms with Crippen LogP contribution < -0.4 is 10.2 Å². The molecule has 25 heavy (non-hydrogen) atoms. The lowest BCUT2D eigenvalue weighted by Crippen LogP contribution is -2.32. The highest BCUT2D eigenvalue weighted by Gasteiger charge is 2.39. The Bertz CT molecular complexity index is 935. The number of anilines is 2. The first kappa shape index (κ1) is 17.5. The van der Waals surface area contributed by atoms with Crippen LogP contribution in [0.15, 0.2) is 47.1 Å². The summed E-state index contributed by atoms with van der Waals surface area (Å²) >= 11 is 12.2. The van der Waals surface area contributed by atoms with Gasteiger partial charge in [-0.15, -0.1) is 0 Å². The second-order valence-electron chi connectivity index (χ2n) is 5.99. The topological polar surface area (TPSA) is 49.4 Å². The number of amides is 2. The van der Waals surface area contributed by atoms with E-state index in [1.807, 2.05) is 32.0 Å². The van der Waals surface area contributed by atoms with E-state index in [-0.39, 0.29) is 10.7 Å². The molecule has 0 aromatic heterocycles. The number of hydrogen-bond acceptors (Lipinski definition) is 3. The molecular formula is C19H16Cl2N2O2. The van der Waals surface area contributed by atoms with Gasteiger partial charge in [-0.3, -0.25) is 9.59 Å². The zero-order valence-corrected chi connectivity index (χ0v) is 15.5. The predicted octanol–water partition coefficient (Wildman–Crippen LogP) is 4.70. The van der Waals surface area contributed by atoms with Crippen LogP contribution in [0.5, 0.6) is 0 Å². The Labute approximate surface area is 156 Å². The number of hydrogen-bond donors (Lipinski definition) is 1. The molecule has 0 saturated heterocycles. The molecule has 0 saturated carbocycles. The standard InChI is InChI=1S/C19H16Cl2N2O2/c1-10-5-7-14(8-12(10)3)22-17-16(21)18(24)23(19(17)25)15-9-13(20)6-4-11(15)2/h4-9,22H,1-3H3. The molecule has 0 radical (unpaired) electrons. The minimum Gasteiger partial charge on any atom is -0.350 e. The van der Waals surface area contributed by atoms with Crippen molar-refractivity contribution in [3.63, 3.8) is 0 Å². The summed E-state index contributed by atoms with van der Waals surface area (Å²) in [5.74, 6) is -1.07. The quantitative estimate of drug-likeness (QED) is 0.791. The van der Waals surface area contributed by atoms with Gasteiger partial charge in [-0.25, -0.2) is 4.90 Å². The highest BCUT2D eigenvalue weighted by molar-refractivity contribution is 6.53. The van der Waals surface area contributed by atoms with Gasteiger partial charge in [0.1, 0.15) is 10.7 Å². The van der Waals surface area contributed by atoms with E-state index < -0.39 is 11.8 Å². The van der Waals surface area contributed by atoms with E-state index in [4.69, 9.17) is 23.2 Å². The van der Waals surface area contributed by atoms with Crippen LogP contribution in [0.3, 0.4) is 0 Å². The van der Waals surface area contributed by atoms with Crippen molar-refractivity contribution in [3.8, 4) is 0 Å². The largest absolute Gasteiger partial charge is 0.350 e. The number of aryl methyl sites for hydroxylation is 3. The number of benzene rings is 2. The molecule has 1 aliphatic heterocycles. The number of halogens is 2. The molecule has 0 spiro atoms. The first-order valence-corrected chi connectivity index (χ1v) is 8.44. The molecule has 1 heterocycles. The molecule has 3 rings (SSSR count). The summed E-state index contributed by atoms with van der Waals surface area (Å²) in [6.07, 6.45) is 0. The van der Waals surface area contributed by atoms with Gasteiger partial charge in [-0.1, -0.05) is 35.3 Å². The fourth-order valence-electron chi connectivity index (χ4n) is 2.62. The van der Waals surface area contributed by atoms with Crippen LogP contribution in [0.2, 0.25) is 5.02 Å². The molecule has 2 aromatic carbocycles. The Morgan fingerprint density at radius 1 is 0.840 bits per heavy atom. The molecule has 0 atom stereocenters. The van der Waals surface area contributed by atoms with Crippen LogP contribution in [-0.4, -0.2) is 11.8 Å². The average molecular weight is 375 g/mol. The van der Waals surface area contributed by atoms with Crippen molar-refractivity contribution < 1.29 is 9.59 Å². The molecule has 2 amide bonds. The van der Waals surface area contributed by atoms with E-state index in [1.165, 1.54) is 0 Å². The number of carbonyl (C=O) groups excluding carboxylic acids is 2. The van der Waals surface area contributed by atoms with Gasteiger partial charge in [0, 0.05) is 10.7 Å². The van der Waals surface area contributed by atoms with Crippen molar-refractivity contribution in [2.24, 2.45) is 0 Å². The summed E-state index contributed by atoms with van der Waals surface area (Å²) in [6, 6.07) is 10.7. The first-order valence-electron chi connectivity index (χ1n) is 7.68. The molecule has 128 valence electrons. The molecule has 1 N–H and O–H groups in total. The number of carbonyl (C=O) groups is 2. The van der Waals surface area contributed by atoms with E-state index in [0.717, 1.165) is 21.6 Å². The Morgan fingerprint density at radius 2 is 1.52 bits per heavy atom. The van der Waals surface area contributed by atoms with E-state index in [0.29, 0.717) is 16.4 Å². The van der Waals surface area contributed by atoms with E-state index in [2.05, 4.69) is 5.32 Å². The van der Waals surface area contributed by atoms with Crippen molar-refractivity contribution in [2.45, 2.75) is 20.8 Å². The predicted molar refractivity (Wildman–Crippen MR) is 101 cm³/mol. The van der Waals surface area contributed by atoms with Crippen LogP contribution in [0.4, 0.5) is 11.4 Å². The van der Waals surface area contributed by atoms with Crippen molar-refractivity contribution in [2.75, 3.05) is 10.2 Å². The third-order valence-electron chi connectivity index (χ3n) is 4.22. The Balaban J connectivity index is 1.96. The zero-order chi connectivity index (χ0) is 18.3. The molecule has 2 aromatic rings. The molecule has 0 bridgehead atoms. The third kappa shape index (κ3) is 3.15. The SMILES string of the molecule is Cc1ccc(NC2=C(Cl)C(=O)N(c3cc(Cl)ccc3C)C2=O)cc1C. The maximum atomic E-state index is 12.8. The van der Waals surface area contributed by atoms with Crippen molar-refractivity contribution in [1.29, 1.82) is 0 Å². The monoisotopic (exact) mass is 374 g/mol. The fourth-order valence-corrected chi connectivity index (χ4v) is 3.00. The molecule has 0 aliphatic carbocycles. The minimum atomic E-state index is -0.566. The van der Waals surface area contributed by atoms with Gasteiger partial charge in [0.2, 0.25) is 0 Å². The number of rotatable bonds is 3. The number of nitrogens with zero attached hydrogens (tertiary/aromatic N) is 1. The zero-order valence-electron chi connectivity index (χ0n) is 14.0. The highest BCUT2D eigenvalue weighted by atomic mass is 35.5. The van der Waals surface area contributed by atoms with Crippen LogP contribution in [0, 0.1) is 20.8 Å². The summed E-state index contributed by atoms with van der Waals surface area (Å²) in [7, 11) is 0. The normalized spacial score (nSPS) is 14.5. The van der Waals surface area contributed by atoms with Crippen molar-refractivity contribution in [3.05, 3.63) is 68.8 Å². The maximum Gasteiger partial charge on any atom is 0.283 e. The van der Waals surface area contributed by atoms with Crippen LogP contribution in [0.1, 0.15) is 16.7 Å². The lowest BCUT2D eigenvalue weighted by atomic mass is 10.1. The summed E-state index contributed by atoms with van der Waals surface area (Å²) in [5.41, 5.74) is 4.15. The molecule has 0 fully saturated rings. The van der Waals surface area contributed by atoms with E-state index in [9.17, 15) is 9.59 Å². The van der Waals surface area contributed by atoms with Crippen molar-refractivity contribution in [1.82, 2.24) is 0 Å². The average Bonchev–Trinajstić information content (AvgIpc) is 2.77.